The summed E-state index contributed by atoms with van der Waals surface area (Å²) in [7, 11) is 7.40. The second kappa shape index (κ2) is 11.8. The summed E-state index contributed by atoms with van der Waals surface area (Å²) in [6, 6.07) is 10.6. The third kappa shape index (κ3) is 5.84. The molecule has 4 rings (SSSR count). The van der Waals surface area contributed by atoms with E-state index in [9.17, 15) is 10.1 Å². The van der Waals surface area contributed by atoms with Gasteiger partial charge in [-0.25, -0.2) is 14.4 Å². The van der Waals surface area contributed by atoms with Gasteiger partial charge in [-0.1, -0.05) is 6.58 Å². The number of amides is 1. The first-order valence-electron chi connectivity index (χ1n) is 12.4. The minimum atomic E-state index is -0.668. The number of carbonyl (C=O) groups excluding carboxylic acids is 1. The van der Waals surface area contributed by atoms with E-state index in [2.05, 4.69) is 43.1 Å². The van der Waals surface area contributed by atoms with Gasteiger partial charge in [-0.2, -0.15) is 10.2 Å². The second-order valence-electron chi connectivity index (χ2n) is 9.29. The molecular formula is C28H30FN9O2. The van der Waals surface area contributed by atoms with Gasteiger partial charge in [0.2, 0.25) is 11.9 Å². The van der Waals surface area contributed by atoms with E-state index in [1.165, 1.54) is 17.8 Å². The Bertz CT molecular complexity index is 1620. The number of rotatable bonds is 10. The Hall–Kier alpha value is -5.02. The number of methoxy groups -OCH3 is 1. The third-order valence-corrected chi connectivity index (χ3v) is 6.19. The molecule has 4 aromatic rings. The summed E-state index contributed by atoms with van der Waals surface area (Å²) < 4.78 is 22.2. The van der Waals surface area contributed by atoms with E-state index in [4.69, 9.17) is 4.74 Å². The van der Waals surface area contributed by atoms with Gasteiger partial charge < -0.3 is 25.2 Å². The lowest BCUT2D eigenvalue weighted by Gasteiger charge is -2.26. The number of carbonyl (C=O) groups is 1. The van der Waals surface area contributed by atoms with Gasteiger partial charge in [-0.15, -0.1) is 0 Å². The molecule has 12 heteroatoms. The van der Waals surface area contributed by atoms with E-state index in [1.54, 1.807) is 37.3 Å². The molecule has 0 saturated heterocycles. The zero-order valence-corrected chi connectivity index (χ0v) is 23.0. The zero-order chi connectivity index (χ0) is 29.0. The highest BCUT2D eigenvalue weighted by molar-refractivity contribution is 6.02. The highest BCUT2D eigenvalue weighted by atomic mass is 19.1. The molecule has 0 spiro atoms. The number of nitriles is 1. The molecular weight excluding hydrogens is 513 g/mol. The van der Waals surface area contributed by atoms with Gasteiger partial charge in [-0.3, -0.25) is 9.36 Å². The summed E-state index contributed by atoms with van der Waals surface area (Å²) in [6.45, 7) is 6.75. The molecule has 40 heavy (non-hydrogen) atoms. The fraction of sp³-hybridized carbons (Fsp3) is 0.250. The van der Waals surface area contributed by atoms with Gasteiger partial charge >= 0.3 is 0 Å². The van der Waals surface area contributed by atoms with E-state index < -0.39 is 5.82 Å². The predicted molar refractivity (Wildman–Crippen MR) is 153 cm³/mol. The number of benzene rings is 2. The van der Waals surface area contributed by atoms with Crippen LogP contribution in [0.2, 0.25) is 0 Å². The van der Waals surface area contributed by atoms with Crippen LogP contribution >= 0.6 is 0 Å². The van der Waals surface area contributed by atoms with Crippen LogP contribution in [-0.4, -0.2) is 71.7 Å². The third-order valence-electron chi connectivity index (χ3n) is 6.19. The smallest absolute Gasteiger partial charge is 0.247 e. The number of aryl methyl sites for hydroxylation is 1. The van der Waals surface area contributed by atoms with Crippen molar-refractivity contribution < 1.29 is 13.9 Å². The van der Waals surface area contributed by atoms with Crippen LogP contribution in [0.5, 0.6) is 5.75 Å². The molecule has 0 unspecified atom stereocenters. The lowest BCUT2D eigenvalue weighted by atomic mass is 10.2. The van der Waals surface area contributed by atoms with Crippen LogP contribution in [0.1, 0.15) is 11.4 Å². The number of aromatic nitrogens is 4. The van der Waals surface area contributed by atoms with Crippen LogP contribution in [0.15, 0.2) is 49.2 Å². The maximum absolute atomic E-state index is 15.1. The number of imidazole rings is 1. The number of halogens is 1. The minimum Gasteiger partial charge on any atom is -0.494 e. The highest BCUT2D eigenvalue weighted by Crippen LogP contribution is 2.38. The molecule has 11 nitrogen and oxygen atoms in total. The minimum absolute atomic E-state index is 0.0354. The molecule has 0 radical (unpaired) electrons. The number of nitrogens with zero attached hydrogens (tertiary/aromatic N) is 7. The van der Waals surface area contributed by atoms with E-state index in [0.717, 1.165) is 18.4 Å². The molecule has 2 aromatic carbocycles. The Labute approximate surface area is 231 Å². The lowest BCUT2D eigenvalue weighted by molar-refractivity contribution is -0.111. The van der Waals surface area contributed by atoms with Crippen molar-refractivity contribution in [2.75, 3.05) is 56.9 Å². The maximum Gasteiger partial charge on any atom is 0.247 e. The first kappa shape index (κ1) is 28.0. The molecule has 0 aliphatic carbocycles. The van der Waals surface area contributed by atoms with E-state index in [-0.39, 0.29) is 17.7 Å². The molecule has 0 fully saturated rings. The van der Waals surface area contributed by atoms with Crippen molar-refractivity contribution in [1.82, 2.24) is 24.4 Å². The van der Waals surface area contributed by atoms with Crippen molar-refractivity contribution >= 4 is 40.0 Å². The Kier molecular flexibility index (Phi) is 8.26. The summed E-state index contributed by atoms with van der Waals surface area (Å²) in [4.78, 5) is 29.3. The monoisotopic (exact) mass is 543 g/mol. The first-order chi connectivity index (χ1) is 19.1. The molecule has 206 valence electrons. The van der Waals surface area contributed by atoms with Crippen molar-refractivity contribution in [2.24, 2.45) is 0 Å². The fourth-order valence-electron chi connectivity index (χ4n) is 4.13. The standard InChI is InChI=1S/C28H30FN9O2/c1-7-26(39)33-21-13-22(25(40-6)14-23(21)37(5)11-10-36(3)4)34-28-31-16-19(29)27(35-28)38-17(2)32-20-9-8-18(15-30)12-24(20)38/h7-9,12-14,16H,1,10-11H2,2-6H3,(H,33,39)(H,31,34,35). The van der Waals surface area contributed by atoms with Crippen molar-refractivity contribution in [3.63, 3.8) is 0 Å². The SMILES string of the molecule is C=CC(=O)Nc1cc(Nc2ncc(F)c(-n3c(C)nc4ccc(C#N)cc43)n2)c(OC)cc1N(C)CCN(C)C. The predicted octanol–water partition coefficient (Wildman–Crippen LogP) is 4.01. The molecule has 2 heterocycles. The molecule has 0 aliphatic rings. The maximum atomic E-state index is 15.1. The number of ether oxygens (including phenoxy) is 1. The van der Waals surface area contributed by atoms with Gasteiger partial charge in [0, 0.05) is 26.2 Å². The Morgan fingerprint density at radius 1 is 1.20 bits per heavy atom. The Morgan fingerprint density at radius 2 is 1.98 bits per heavy atom. The summed E-state index contributed by atoms with van der Waals surface area (Å²) in [5.74, 6) is -0.0442. The highest BCUT2D eigenvalue weighted by Gasteiger charge is 2.19. The zero-order valence-electron chi connectivity index (χ0n) is 23.0. The molecule has 0 bridgehead atoms. The average Bonchev–Trinajstić information content (AvgIpc) is 3.27. The van der Waals surface area contributed by atoms with Gasteiger partial charge in [0.15, 0.2) is 11.6 Å². The van der Waals surface area contributed by atoms with Crippen LogP contribution in [0, 0.1) is 24.1 Å². The molecule has 0 saturated carbocycles. The number of fused-ring (bicyclic) bond motifs is 1. The van der Waals surface area contributed by atoms with Gasteiger partial charge in [0.25, 0.3) is 0 Å². The van der Waals surface area contributed by atoms with Gasteiger partial charge in [-0.05, 0) is 51.4 Å². The summed E-state index contributed by atoms with van der Waals surface area (Å²) in [6.07, 6.45) is 2.24. The molecule has 2 aromatic heterocycles. The molecule has 2 N–H and O–H groups in total. The van der Waals surface area contributed by atoms with Crippen molar-refractivity contribution in [1.29, 1.82) is 5.26 Å². The van der Waals surface area contributed by atoms with Crippen molar-refractivity contribution in [3.8, 4) is 17.6 Å². The van der Waals surface area contributed by atoms with Crippen LogP contribution < -0.4 is 20.3 Å². The fourth-order valence-corrected chi connectivity index (χ4v) is 4.13. The summed E-state index contributed by atoms with van der Waals surface area (Å²) in [5.41, 5.74) is 3.24. The Morgan fingerprint density at radius 3 is 2.65 bits per heavy atom. The Balaban J connectivity index is 1.77. The number of hydrogen-bond acceptors (Lipinski definition) is 9. The van der Waals surface area contributed by atoms with Crippen molar-refractivity contribution in [3.05, 3.63) is 66.4 Å². The molecule has 1 amide bonds. The summed E-state index contributed by atoms with van der Waals surface area (Å²) >= 11 is 0. The van der Waals surface area contributed by atoms with Crippen LogP contribution in [0.3, 0.4) is 0 Å². The van der Waals surface area contributed by atoms with Gasteiger partial charge in [0.1, 0.15) is 11.6 Å². The first-order valence-corrected chi connectivity index (χ1v) is 12.4. The number of nitrogens with one attached hydrogen (secondary N) is 2. The van der Waals surface area contributed by atoms with E-state index >= 15 is 4.39 Å². The summed E-state index contributed by atoms with van der Waals surface area (Å²) in [5, 5.41) is 15.3. The van der Waals surface area contributed by atoms with Crippen LogP contribution in [0.4, 0.5) is 27.4 Å². The number of hydrogen-bond donors (Lipinski definition) is 2. The molecule has 0 aliphatic heterocycles. The normalized spacial score (nSPS) is 10.8. The molecule has 0 atom stereocenters. The van der Waals surface area contributed by atoms with E-state index in [0.29, 0.717) is 46.1 Å². The van der Waals surface area contributed by atoms with Crippen LogP contribution in [0.25, 0.3) is 16.9 Å². The number of likely N-dealkylation sites (N-methyl/N-ethyl adjacent to an activating group) is 2. The average molecular weight is 544 g/mol. The van der Waals surface area contributed by atoms with E-state index in [1.807, 2.05) is 26.0 Å². The quantitative estimate of drug-likeness (QED) is 0.286. The lowest BCUT2D eigenvalue weighted by Crippen LogP contribution is -2.29. The van der Waals surface area contributed by atoms with Gasteiger partial charge in [0.05, 0.1) is 53.0 Å². The largest absolute Gasteiger partial charge is 0.494 e. The second-order valence-corrected chi connectivity index (χ2v) is 9.29. The van der Waals surface area contributed by atoms with Crippen molar-refractivity contribution in [2.45, 2.75) is 6.92 Å². The topological polar surface area (TPSA) is 124 Å². The number of anilines is 4. The van der Waals surface area contributed by atoms with Crippen LogP contribution in [-0.2, 0) is 4.79 Å².